The predicted molar refractivity (Wildman–Crippen MR) is 70.0 cm³/mol. The van der Waals surface area contributed by atoms with E-state index in [4.69, 9.17) is 5.73 Å². The molecule has 0 saturated carbocycles. The maximum absolute atomic E-state index is 13.6. The summed E-state index contributed by atoms with van der Waals surface area (Å²) in [6.45, 7) is 5.83. The molecule has 0 heterocycles. The molecular weight excluding hydrogens is 274 g/mol. The molecule has 0 bridgehead atoms. The van der Waals surface area contributed by atoms with E-state index in [9.17, 15) is 17.2 Å². The van der Waals surface area contributed by atoms with Crippen LogP contribution in [0.5, 0.6) is 0 Å². The zero-order valence-corrected chi connectivity index (χ0v) is 11.9. The molecule has 1 aromatic rings. The van der Waals surface area contributed by atoms with Gasteiger partial charge in [0, 0.05) is 12.2 Å². The Balaban J connectivity index is 3.02. The van der Waals surface area contributed by atoms with Gasteiger partial charge in [-0.3, -0.25) is 0 Å². The predicted octanol–water partition coefficient (Wildman–Crippen LogP) is 2.12. The topological polar surface area (TPSA) is 72.2 Å². The van der Waals surface area contributed by atoms with Gasteiger partial charge in [0.25, 0.3) is 0 Å². The first-order chi connectivity index (χ1) is 8.65. The van der Waals surface area contributed by atoms with Crippen LogP contribution in [-0.2, 0) is 10.0 Å². The summed E-state index contributed by atoms with van der Waals surface area (Å²) < 4.78 is 53.1. The fourth-order valence-corrected chi connectivity index (χ4v) is 2.64. The fraction of sp³-hybridized carbons (Fsp3) is 0.500. The minimum Gasteiger partial charge on any atom is -0.399 e. The average Bonchev–Trinajstić information content (AvgIpc) is 2.23. The number of halogens is 2. The third-order valence-corrected chi connectivity index (χ3v) is 4.50. The number of anilines is 1. The van der Waals surface area contributed by atoms with Gasteiger partial charge in [-0.15, -0.1) is 0 Å². The summed E-state index contributed by atoms with van der Waals surface area (Å²) >= 11 is 0. The lowest BCUT2D eigenvalue weighted by molar-refractivity contribution is 0.413. The van der Waals surface area contributed by atoms with Crippen molar-refractivity contribution in [3.8, 4) is 0 Å². The van der Waals surface area contributed by atoms with Crippen molar-refractivity contribution in [2.75, 3.05) is 12.3 Å². The molecular formula is C12H18F2N2O2S. The van der Waals surface area contributed by atoms with Gasteiger partial charge in [0.1, 0.15) is 11.6 Å². The standard InChI is InChI=1S/C12H18F2N2O2S/c1-7(2)8(3)6-16-19(17,18)12-10(13)4-9(15)5-11(12)14/h4-5,7-8,16H,6,15H2,1-3H3. The Morgan fingerprint density at radius 2 is 1.68 bits per heavy atom. The van der Waals surface area contributed by atoms with Crippen molar-refractivity contribution < 1.29 is 17.2 Å². The smallest absolute Gasteiger partial charge is 0.246 e. The van der Waals surface area contributed by atoms with Crippen molar-refractivity contribution in [1.29, 1.82) is 0 Å². The largest absolute Gasteiger partial charge is 0.399 e. The van der Waals surface area contributed by atoms with Gasteiger partial charge < -0.3 is 5.73 Å². The summed E-state index contributed by atoms with van der Waals surface area (Å²) in [6.07, 6.45) is 0. The van der Waals surface area contributed by atoms with Gasteiger partial charge in [0.2, 0.25) is 10.0 Å². The Morgan fingerprint density at radius 1 is 1.21 bits per heavy atom. The van der Waals surface area contributed by atoms with Crippen LogP contribution in [0.15, 0.2) is 17.0 Å². The van der Waals surface area contributed by atoms with Gasteiger partial charge in [0.05, 0.1) is 0 Å². The van der Waals surface area contributed by atoms with E-state index >= 15 is 0 Å². The molecule has 0 fully saturated rings. The van der Waals surface area contributed by atoms with Crippen LogP contribution in [0.25, 0.3) is 0 Å². The minimum atomic E-state index is -4.22. The molecule has 108 valence electrons. The minimum absolute atomic E-state index is 0.0506. The van der Waals surface area contributed by atoms with Crippen molar-refractivity contribution in [2.45, 2.75) is 25.7 Å². The van der Waals surface area contributed by atoms with E-state index in [2.05, 4.69) is 4.72 Å². The highest BCUT2D eigenvalue weighted by Crippen LogP contribution is 2.22. The van der Waals surface area contributed by atoms with Gasteiger partial charge in [0.15, 0.2) is 4.90 Å². The molecule has 1 unspecified atom stereocenters. The Kier molecular flexibility index (Phi) is 4.86. The van der Waals surface area contributed by atoms with E-state index in [1.165, 1.54) is 0 Å². The molecule has 1 rings (SSSR count). The highest BCUT2D eigenvalue weighted by atomic mass is 32.2. The van der Waals surface area contributed by atoms with Crippen LogP contribution in [0, 0.1) is 23.5 Å². The molecule has 1 atom stereocenters. The van der Waals surface area contributed by atoms with Crippen LogP contribution in [-0.4, -0.2) is 15.0 Å². The van der Waals surface area contributed by atoms with Gasteiger partial charge >= 0.3 is 0 Å². The van der Waals surface area contributed by atoms with Crippen LogP contribution < -0.4 is 10.5 Å². The summed E-state index contributed by atoms with van der Waals surface area (Å²) in [6, 6.07) is 1.56. The molecule has 0 radical (unpaired) electrons. The molecule has 7 heteroatoms. The first-order valence-electron chi connectivity index (χ1n) is 5.89. The van der Waals surface area contributed by atoms with Gasteiger partial charge in [-0.2, -0.15) is 0 Å². The molecule has 0 aromatic heterocycles. The monoisotopic (exact) mass is 292 g/mol. The fourth-order valence-electron chi connectivity index (χ4n) is 1.39. The number of nitrogens with one attached hydrogen (secondary N) is 1. The van der Waals surface area contributed by atoms with Gasteiger partial charge in [-0.1, -0.05) is 20.8 Å². The number of nitrogen functional groups attached to an aromatic ring is 1. The van der Waals surface area contributed by atoms with E-state index in [-0.39, 0.29) is 24.1 Å². The SMILES string of the molecule is CC(C)C(C)CNS(=O)(=O)c1c(F)cc(N)cc1F. The second kappa shape index (κ2) is 5.83. The third kappa shape index (κ3) is 3.87. The van der Waals surface area contributed by atoms with E-state index in [1.54, 1.807) is 0 Å². The molecule has 1 aromatic carbocycles. The number of rotatable bonds is 5. The molecule has 0 aliphatic rings. The summed E-state index contributed by atoms with van der Waals surface area (Å²) in [5.74, 6) is -2.08. The van der Waals surface area contributed by atoms with Crippen molar-refractivity contribution in [1.82, 2.24) is 4.72 Å². The normalized spacial score (nSPS) is 13.8. The maximum atomic E-state index is 13.6. The Labute approximate surface area is 112 Å². The quantitative estimate of drug-likeness (QED) is 0.816. The average molecular weight is 292 g/mol. The number of hydrogen-bond acceptors (Lipinski definition) is 3. The van der Waals surface area contributed by atoms with Crippen molar-refractivity contribution in [3.63, 3.8) is 0 Å². The highest BCUT2D eigenvalue weighted by molar-refractivity contribution is 7.89. The summed E-state index contributed by atoms with van der Waals surface area (Å²) in [5, 5.41) is 0. The van der Waals surface area contributed by atoms with E-state index < -0.39 is 26.6 Å². The molecule has 0 aliphatic heterocycles. The van der Waals surface area contributed by atoms with E-state index in [0.717, 1.165) is 12.1 Å². The second-order valence-corrected chi connectivity index (χ2v) is 6.59. The maximum Gasteiger partial charge on any atom is 0.246 e. The van der Waals surface area contributed by atoms with Gasteiger partial charge in [-0.05, 0) is 24.0 Å². The Hall–Kier alpha value is -1.21. The lowest BCUT2D eigenvalue weighted by Gasteiger charge is -2.16. The van der Waals surface area contributed by atoms with Crippen LogP contribution in [0.1, 0.15) is 20.8 Å². The Bertz CT molecular complexity index is 536. The third-order valence-electron chi connectivity index (χ3n) is 3.02. The molecule has 0 aliphatic carbocycles. The number of benzene rings is 1. The van der Waals surface area contributed by atoms with Crippen LogP contribution >= 0.6 is 0 Å². The second-order valence-electron chi connectivity index (χ2n) is 4.89. The molecule has 19 heavy (non-hydrogen) atoms. The van der Waals surface area contributed by atoms with Crippen molar-refractivity contribution >= 4 is 15.7 Å². The number of sulfonamides is 1. The molecule has 0 amide bonds. The summed E-state index contributed by atoms with van der Waals surface area (Å²) in [7, 11) is -4.22. The highest BCUT2D eigenvalue weighted by Gasteiger charge is 2.25. The van der Waals surface area contributed by atoms with Crippen LogP contribution in [0.3, 0.4) is 0 Å². The first kappa shape index (κ1) is 15.8. The van der Waals surface area contributed by atoms with Crippen LogP contribution in [0.4, 0.5) is 14.5 Å². The lowest BCUT2D eigenvalue weighted by Crippen LogP contribution is -2.31. The number of nitrogens with two attached hydrogens (primary N) is 1. The molecule has 0 saturated heterocycles. The summed E-state index contributed by atoms with van der Waals surface area (Å²) in [4.78, 5) is -0.988. The first-order valence-corrected chi connectivity index (χ1v) is 7.37. The lowest BCUT2D eigenvalue weighted by atomic mass is 9.99. The van der Waals surface area contributed by atoms with E-state index in [0.29, 0.717) is 0 Å². The molecule has 0 spiro atoms. The zero-order chi connectivity index (χ0) is 14.8. The molecule has 3 N–H and O–H groups in total. The van der Waals surface area contributed by atoms with Crippen molar-refractivity contribution in [3.05, 3.63) is 23.8 Å². The Morgan fingerprint density at radius 3 is 2.11 bits per heavy atom. The number of hydrogen-bond donors (Lipinski definition) is 2. The zero-order valence-electron chi connectivity index (χ0n) is 11.1. The van der Waals surface area contributed by atoms with Crippen molar-refractivity contribution in [2.24, 2.45) is 11.8 Å². The molecule has 4 nitrogen and oxygen atoms in total. The van der Waals surface area contributed by atoms with E-state index in [1.807, 2.05) is 20.8 Å². The van der Waals surface area contributed by atoms with Gasteiger partial charge in [-0.25, -0.2) is 21.9 Å². The summed E-state index contributed by atoms with van der Waals surface area (Å²) in [5.41, 5.74) is 5.08. The van der Waals surface area contributed by atoms with Crippen LogP contribution in [0.2, 0.25) is 0 Å².